The highest BCUT2D eigenvalue weighted by atomic mass is 32.2. The van der Waals surface area contributed by atoms with E-state index in [4.69, 9.17) is 0 Å². The van der Waals surface area contributed by atoms with Crippen LogP contribution in [0.1, 0.15) is 17.5 Å². The van der Waals surface area contributed by atoms with E-state index in [1.165, 1.54) is 11.1 Å². The smallest absolute Gasteiger partial charge is 0.237 e. The molecule has 3 nitrogen and oxygen atoms in total. The van der Waals surface area contributed by atoms with Gasteiger partial charge in [-0.2, -0.15) is 11.8 Å². The van der Waals surface area contributed by atoms with Gasteiger partial charge >= 0.3 is 0 Å². The third kappa shape index (κ3) is 3.50. The van der Waals surface area contributed by atoms with Crippen LogP contribution < -0.4 is 10.6 Å². The second-order valence-corrected chi connectivity index (χ2v) is 5.53. The van der Waals surface area contributed by atoms with Gasteiger partial charge in [0.15, 0.2) is 0 Å². The topological polar surface area (TPSA) is 41.1 Å². The van der Waals surface area contributed by atoms with Gasteiger partial charge < -0.3 is 10.6 Å². The third-order valence-corrected chi connectivity index (χ3v) is 3.92. The van der Waals surface area contributed by atoms with Crippen molar-refractivity contribution in [3.63, 3.8) is 0 Å². The SMILES string of the molecule is CSCCCNC(=O)[C@H]1Cc2ccccc2CN1. The molecule has 0 bridgehead atoms. The number of hydrogen-bond acceptors (Lipinski definition) is 3. The van der Waals surface area contributed by atoms with Gasteiger partial charge in [-0.15, -0.1) is 0 Å². The molecule has 0 fully saturated rings. The van der Waals surface area contributed by atoms with Crippen molar-refractivity contribution in [3.05, 3.63) is 35.4 Å². The molecule has 2 N–H and O–H groups in total. The first-order chi connectivity index (χ1) is 8.81. The van der Waals surface area contributed by atoms with E-state index in [-0.39, 0.29) is 11.9 Å². The number of carbonyl (C=O) groups excluding carboxylic acids is 1. The van der Waals surface area contributed by atoms with Crippen molar-refractivity contribution in [2.75, 3.05) is 18.6 Å². The summed E-state index contributed by atoms with van der Waals surface area (Å²) in [5, 5.41) is 6.30. The number of thioether (sulfide) groups is 1. The summed E-state index contributed by atoms with van der Waals surface area (Å²) in [5.74, 6) is 1.23. The molecule has 4 heteroatoms. The Morgan fingerprint density at radius 1 is 1.44 bits per heavy atom. The van der Waals surface area contributed by atoms with Gasteiger partial charge in [0.05, 0.1) is 6.04 Å². The molecule has 1 atom stereocenters. The Morgan fingerprint density at radius 3 is 3.00 bits per heavy atom. The number of amides is 1. The molecule has 0 saturated carbocycles. The first kappa shape index (κ1) is 13.4. The summed E-state index contributed by atoms with van der Waals surface area (Å²) in [5.41, 5.74) is 2.60. The van der Waals surface area contributed by atoms with E-state index in [0.29, 0.717) is 0 Å². The Kier molecular flexibility index (Phi) is 5.08. The summed E-state index contributed by atoms with van der Waals surface area (Å²) in [6.07, 6.45) is 3.92. The Morgan fingerprint density at radius 2 is 2.22 bits per heavy atom. The Balaban J connectivity index is 1.83. The van der Waals surface area contributed by atoms with Gasteiger partial charge in [-0.1, -0.05) is 24.3 Å². The van der Waals surface area contributed by atoms with E-state index in [9.17, 15) is 4.79 Å². The van der Waals surface area contributed by atoms with Gasteiger partial charge in [-0.3, -0.25) is 4.79 Å². The third-order valence-electron chi connectivity index (χ3n) is 3.22. The van der Waals surface area contributed by atoms with Crippen LogP contribution in [0.3, 0.4) is 0 Å². The fourth-order valence-corrected chi connectivity index (χ4v) is 2.62. The highest BCUT2D eigenvalue weighted by Gasteiger charge is 2.23. The summed E-state index contributed by atoms with van der Waals surface area (Å²) in [6.45, 7) is 1.57. The standard InChI is InChI=1S/C14H20N2OS/c1-18-8-4-7-15-14(17)13-9-11-5-2-3-6-12(11)10-16-13/h2-3,5-6,13,16H,4,7-10H2,1H3,(H,15,17)/t13-/m1/s1. The monoisotopic (exact) mass is 264 g/mol. The number of nitrogens with one attached hydrogen (secondary N) is 2. The second kappa shape index (κ2) is 6.81. The molecule has 1 aliphatic heterocycles. The van der Waals surface area contributed by atoms with Crippen LogP contribution in [-0.2, 0) is 17.8 Å². The minimum absolute atomic E-state index is 0.0748. The van der Waals surface area contributed by atoms with Crippen LogP contribution in [0.4, 0.5) is 0 Å². The zero-order chi connectivity index (χ0) is 12.8. The molecule has 0 unspecified atom stereocenters. The van der Waals surface area contributed by atoms with Crippen molar-refractivity contribution < 1.29 is 4.79 Å². The zero-order valence-corrected chi connectivity index (χ0v) is 11.6. The van der Waals surface area contributed by atoms with Crippen molar-refractivity contribution in [3.8, 4) is 0 Å². The van der Waals surface area contributed by atoms with Gasteiger partial charge in [0.25, 0.3) is 0 Å². The van der Waals surface area contributed by atoms with Gasteiger partial charge in [0.1, 0.15) is 0 Å². The van der Waals surface area contributed by atoms with Crippen LogP contribution in [0.15, 0.2) is 24.3 Å². The lowest BCUT2D eigenvalue weighted by Gasteiger charge is -2.25. The molecular weight excluding hydrogens is 244 g/mol. The van der Waals surface area contributed by atoms with E-state index in [0.717, 1.165) is 31.7 Å². The quantitative estimate of drug-likeness (QED) is 0.793. The molecule has 1 aromatic rings. The maximum Gasteiger partial charge on any atom is 0.237 e. The lowest BCUT2D eigenvalue weighted by atomic mass is 9.95. The first-order valence-electron chi connectivity index (χ1n) is 6.38. The second-order valence-electron chi connectivity index (χ2n) is 4.54. The van der Waals surface area contributed by atoms with Gasteiger partial charge in [0, 0.05) is 13.1 Å². The average molecular weight is 264 g/mol. The highest BCUT2D eigenvalue weighted by molar-refractivity contribution is 7.98. The molecule has 1 amide bonds. The fraction of sp³-hybridized carbons (Fsp3) is 0.500. The largest absolute Gasteiger partial charge is 0.355 e. The molecule has 0 aromatic heterocycles. The van der Waals surface area contributed by atoms with Crippen LogP contribution in [0.2, 0.25) is 0 Å². The Bertz CT molecular complexity index is 409. The molecule has 1 aliphatic rings. The van der Waals surface area contributed by atoms with Crippen molar-refractivity contribution in [1.29, 1.82) is 0 Å². The Labute approximate surface area is 113 Å². The van der Waals surface area contributed by atoms with Gasteiger partial charge in [-0.05, 0) is 36.0 Å². The molecular formula is C14H20N2OS. The predicted octanol–water partition coefficient (Wildman–Crippen LogP) is 1.57. The number of rotatable bonds is 5. The van der Waals surface area contributed by atoms with E-state index >= 15 is 0 Å². The molecule has 0 radical (unpaired) electrons. The lowest BCUT2D eigenvalue weighted by molar-refractivity contribution is -0.123. The Hall–Kier alpha value is -1.00. The molecule has 2 rings (SSSR count). The lowest BCUT2D eigenvalue weighted by Crippen LogP contribution is -2.47. The van der Waals surface area contributed by atoms with Crippen molar-refractivity contribution in [2.45, 2.75) is 25.4 Å². The summed E-state index contributed by atoms with van der Waals surface area (Å²) >= 11 is 1.81. The minimum Gasteiger partial charge on any atom is -0.355 e. The zero-order valence-electron chi connectivity index (χ0n) is 10.7. The van der Waals surface area contributed by atoms with Crippen LogP contribution in [0.5, 0.6) is 0 Å². The van der Waals surface area contributed by atoms with E-state index in [1.54, 1.807) is 0 Å². The number of benzene rings is 1. The molecule has 0 saturated heterocycles. The van der Waals surface area contributed by atoms with Gasteiger partial charge in [-0.25, -0.2) is 0 Å². The fourth-order valence-electron chi connectivity index (χ4n) is 2.19. The molecule has 0 spiro atoms. The van der Waals surface area contributed by atoms with Crippen LogP contribution in [0, 0.1) is 0 Å². The molecule has 18 heavy (non-hydrogen) atoms. The number of hydrogen-bond donors (Lipinski definition) is 2. The summed E-state index contributed by atoms with van der Waals surface area (Å²) in [7, 11) is 0. The van der Waals surface area contributed by atoms with Crippen molar-refractivity contribution in [1.82, 2.24) is 10.6 Å². The average Bonchev–Trinajstić information content (AvgIpc) is 2.43. The van der Waals surface area contributed by atoms with Crippen LogP contribution >= 0.6 is 11.8 Å². The molecule has 98 valence electrons. The molecule has 1 aromatic carbocycles. The molecule has 1 heterocycles. The first-order valence-corrected chi connectivity index (χ1v) is 7.77. The summed E-state index contributed by atoms with van der Waals surface area (Å²) in [6, 6.07) is 8.24. The summed E-state index contributed by atoms with van der Waals surface area (Å²) < 4.78 is 0. The maximum atomic E-state index is 12.0. The summed E-state index contributed by atoms with van der Waals surface area (Å²) in [4.78, 5) is 12.0. The highest BCUT2D eigenvalue weighted by Crippen LogP contribution is 2.16. The maximum absolute atomic E-state index is 12.0. The number of fused-ring (bicyclic) bond motifs is 1. The number of carbonyl (C=O) groups is 1. The van der Waals surface area contributed by atoms with Crippen LogP contribution in [-0.4, -0.2) is 30.5 Å². The van der Waals surface area contributed by atoms with Crippen molar-refractivity contribution in [2.24, 2.45) is 0 Å². The van der Waals surface area contributed by atoms with E-state index in [2.05, 4.69) is 29.0 Å². The van der Waals surface area contributed by atoms with Crippen molar-refractivity contribution >= 4 is 17.7 Å². The predicted molar refractivity (Wildman–Crippen MR) is 76.8 cm³/mol. The minimum atomic E-state index is -0.0748. The molecule has 0 aliphatic carbocycles. The van der Waals surface area contributed by atoms with E-state index < -0.39 is 0 Å². The van der Waals surface area contributed by atoms with E-state index in [1.807, 2.05) is 23.9 Å². The van der Waals surface area contributed by atoms with Crippen LogP contribution in [0.25, 0.3) is 0 Å². The van der Waals surface area contributed by atoms with Gasteiger partial charge in [0.2, 0.25) is 5.91 Å². The normalized spacial score (nSPS) is 18.2.